The molecule has 2 aliphatic carbocycles. The van der Waals surface area contributed by atoms with Gasteiger partial charge in [-0.1, -0.05) is 66.2 Å². The number of piperidine rings is 1. The molecule has 1 spiro atoms. The highest BCUT2D eigenvalue weighted by molar-refractivity contribution is 5.92. The fraction of sp³-hybridized carbons (Fsp3) is 0.417. The summed E-state index contributed by atoms with van der Waals surface area (Å²) in [6.07, 6.45) is 7.02. The van der Waals surface area contributed by atoms with Gasteiger partial charge in [-0.2, -0.15) is 0 Å². The van der Waals surface area contributed by atoms with Crippen molar-refractivity contribution in [3.8, 4) is 11.5 Å². The van der Waals surface area contributed by atoms with Crippen LogP contribution < -0.4 is 4.74 Å². The molecule has 2 aliphatic heterocycles. The Labute approximate surface area is 248 Å². The third-order valence-corrected chi connectivity index (χ3v) is 11.0. The van der Waals surface area contributed by atoms with Crippen LogP contribution in [-0.2, 0) is 23.1 Å². The summed E-state index contributed by atoms with van der Waals surface area (Å²) >= 11 is 0. The molecule has 2 heterocycles. The van der Waals surface area contributed by atoms with Crippen molar-refractivity contribution >= 4 is 12.0 Å². The third-order valence-electron chi connectivity index (χ3n) is 11.0. The van der Waals surface area contributed by atoms with E-state index >= 15 is 0 Å². The molecule has 3 aromatic carbocycles. The maximum Gasteiger partial charge on any atom is 0.246 e. The number of amides is 1. The van der Waals surface area contributed by atoms with Crippen molar-refractivity contribution in [3.05, 3.63) is 101 Å². The van der Waals surface area contributed by atoms with Gasteiger partial charge in [0.1, 0.15) is 5.60 Å². The van der Waals surface area contributed by atoms with Crippen LogP contribution in [0.5, 0.6) is 11.5 Å². The van der Waals surface area contributed by atoms with E-state index in [1.165, 1.54) is 5.56 Å². The zero-order valence-electron chi connectivity index (χ0n) is 24.7. The molecule has 1 saturated heterocycles. The van der Waals surface area contributed by atoms with Gasteiger partial charge in [-0.05, 0) is 81.3 Å². The number of phenols is 1. The van der Waals surface area contributed by atoms with Gasteiger partial charge in [0, 0.05) is 31.3 Å². The van der Waals surface area contributed by atoms with E-state index in [1.54, 1.807) is 17.0 Å². The van der Waals surface area contributed by atoms with Crippen molar-refractivity contribution < 1.29 is 19.7 Å². The fourth-order valence-electron chi connectivity index (χ4n) is 9.02. The normalized spacial score (nSPS) is 31.0. The van der Waals surface area contributed by atoms with Gasteiger partial charge < -0.3 is 19.8 Å². The number of carbonyl (C=O) groups excluding carboxylic acids is 1. The number of benzene rings is 3. The molecule has 6 heteroatoms. The quantitative estimate of drug-likeness (QED) is 0.411. The molecule has 7 rings (SSSR count). The first-order valence-corrected chi connectivity index (χ1v) is 15.2. The Morgan fingerprint density at radius 1 is 1.12 bits per heavy atom. The second kappa shape index (κ2) is 9.72. The number of rotatable bonds is 6. The number of phenolic OH excluding ortho intramolecular Hbond substituents is 1. The molecular weight excluding hydrogens is 524 g/mol. The Morgan fingerprint density at radius 2 is 1.93 bits per heavy atom. The molecule has 1 saturated carbocycles. The molecule has 2 N–H and O–H groups in total. The van der Waals surface area contributed by atoms with Crippen molar-refractivity contribution in [3.63, 3.8) is 0 Å². The molecule has 0 radical (unpaired) electrons. The van der Waals surface area contributed by atoms with Crippen LogP contribution in [0.15, 0.2) is 72.8 Å². The zero-order chi connectivity index (χ0) is 29.3. The average molecular weight is 565 g/mol. The lowest BCUT2D eigenvalue weighted by atomic mass is 9.44. The van der Waals surface area contributed by atoms with Gasteiger partial charge in [-0.25, -0.2) is 0 Å². The minimum absolute atomic E-state index is 0.0657. The van der Waals surface area contributed by atoms with Crippen molar-refractivity contribution in [1.82, 2.24) is 9.80 Å². The average Bonchev–Trinajstić information content (AvgIpc) is 3.26. The first kappa shape index (κ1) is 27.2. The summed E-state index contributed by atoms with van der Waals surface area (Å²) in [5.41, 5.74) is 2.86. The Bertz CT molecular complexity index is 1570. The molecule has 42 heavy (non-hydrogen) atoms. The first-order chi connectivity index (χ1) is 20.2. The van der Waals surface area contributed by atoms with Crippen LogP contribution in [0.3, 0.4) is 0 Å². The standard InChI is InChI=1S/C36H40N2O4/c1-24-8-7-11-26(22-24)12-15-31(40)37(3)29-16-18-36(41)30-23-27-13-14-28(39)33-32(27)35(36,34(29,2)42-33)19-21-38(30)20-17-25-9-5-4-6-10-25/h4-15,22,29-30,39,41H,16-21,23H2,1-3H3/b15-12+/t29?,30-,34?,35+,36-/m1/s1. The van der Waals surface area contributed by atoms with Crippen LogP contribution in [0, 0.1) is 6.92 Å². The van der Waals surface area contributed by atoms with Crippen LogP contribution in [0.25, 0.3) is 6.08 Å². The summed E-state index contributed by atoms with van der Waals surface area (Å²) in [5, 5.41) is 24.0. The monoisotopic (exact) mass is 564 g/mol. The fourth-order valence-corrected chi connectivity index (χ4v) is 9.02. The van der Waals surface area contributed by atoms with Crippen molar-refractivity contribution in [2.24, 2.45) is 0 Å². The molecule has 218 valence electrons. The van der Waals surface area contributed by atoms with E-state index in [1.807, 2.05) is 50.4 Å². The van der Waals surface area contributed by atoms with Crippen LogP contribution >= 0.6 is 0 Å². The Balaban J connectivity index is 1.25. The van der Waals surface area contributed by atoms with Gasteiger partial charge >= 0.3 is 0 Å². The number of aliphatic hydroxyl groups is 1. The number of likely N-dealkylation sites (N-methyl/N-ethyl adjacent to an activating group) is 1. The third kappa shape index (κ3) is 3.74. The predicted molar refractivity (Wildman–Crippen MR) is 164 cm³/mol. The Hall–Kier alpha value is -3.61. The van der Waals surface area contributed by atoms with E-state index in [4.69, 9.17) is 4.74 Å². The van der Waals surface area contributed by atoms with Crippen LogP contribution in [0.4, 0.5) is 0 Å². The van der Waals surface area contributed by atoms with E-state index in [2.05, 4.69) is 42.2 Å². The summed E-state index contributed by atoms with van der Waals surface area (Å²) in [4.78, 5) is 17.9. The van der Waals surface area contributed by atoms with Crippen molar-refractivity contribution in [2.75, 3.05) is 20.1 Å². The summed E-state index contributed by atoms with van der Waals surface area (Å²) in [5.74, 6) is 0.507. The molecule has 2 fully saturated rings. The Morgan fingerprint density at radius 3 is 2.71 bits per heavy atom. The summed E-state index contributed by atoms with van der Waals surface area (Å²) < 4.78 is 6.84. The maximum atomic E-state index is 13.6. The SMILES string of the molecule is Cc1cccc(/C=C/C(=O)N(C)C2CC[C@@]3(O)[C@H]4Cc5ccc(O)c6c5[C@@]3(CCN4CCc3ccccc3)C2(C)O6)c1. The number of nitrogens with zero attached hydrogens (tertiary/aromatic N) is 2. The molecule has 4 aliphatic rings. The summed E-state index contributed by atoms with van der Waals surface area (Å²) in [7, 11) is 1.85. The van der Waals surface area contributed by atoms with Gasteiger partial charge in [0.05, 0.1) is 17.1 Å². The summed E-state index contributed by atoms with van der Waals surface area (Å²) in [6, 6.07) is 22.0. The minimum Gasteiger partial charge on any atom is -0.504 e. The molecule has 5 atom stereocenters. The van der Waals surface area contributed by atoms with Crippen LogP contribution in [0.1, 0.15) is 54.0 Å². The number of aromatic hydroxyl groups is 1. The second-order valence-corrected chi connectivity index (χ2v) is 13.0. The first-order valence-electron chi connectivity index (χ1n) is 15.2. The van der Waals surface area contributed by atoms with Crippen LogP contribution in [-0.4, -0.2) is 69.3 Å². The molecule has 2 unspecified atom stereocenters. The maximum absolute atomic E-state index is 13.6. The number of hydrogen-bond acceptors (Lipinski definition) is 5. The number of ether oxygens (including phenoxy) is 1. The Kier molecular flexibility index (Phi) is 6.30. The largest absolute Gasteiger partial charge is 0.504 e. The zero-order valence-corrected chi connectivity index (χ0v) is 24.7. The van der Waals surface area contributed by atoms with E-state index in [-0.39, 0.29) is 23.7 Å². The molecule has 1 amide bonds. The lowest BCUT2D eigenvalue weighted by molar-refractivity contribution is -0.229. The second-order valence-electron chi connectivity index (χ2n) is 13.0. The highest BCUT2D eigenvalue weighted by Crippen LogP contribution is 2.69. The van der Waals surface area contributed by atoms with Gasteiger partial charge in [0.2, 0.25) is 5.91 Å². The lowest BCUT2D eigenvalue weighted by Gasteiger charge is -2.67. The van der Waals surface area contributed by atoms with E-state index in [0.29, 0.717) is 31.4 Å². The number of hydrogen-bond donors (Lipinski definition) is 2. The van der Waals surface area contributed by atoms with Crippen LogP contribution in [0.2, 0.25) is 0 Å². The van der Waals surface area contributed by atoms with Gasteiger partial charge in [-0.3, -0.25) is 9.69 Å². The minimum atomic E-state index is -1.04. The molecule has 2 bridgehead atoms. The smallest absolute Gasteiger partial charge is 0.246 e. The van der Waals surface area contributed by atoms with Gasteiger partial charge in [-0.15, -0.1) is 0 Å². The van der Waals surface area contributed by atoms with Gasteiger partial charge in [0.15, 0.2) is 11.5 Å². The van der Waals surface area contributed by atoms with Gasteiger partial charge in [0.25, 0.3) is 0 Å². The van der Waals surface area contributed by atoms with Crippen molar-refractivity contribution in [2.45, 2.75) is 74.7 Å². The molecular formula is C36H40N2O4. The van der Waals surface area contributed by atoms with E-state index in [0.717, 1.165) is 41.8 Å². The number of likely N-dealkylation sites (tertiary alicyclic amines) is 1. The molecule has 0 aromatic heterocycles. The predicted octanol–water partition coefficient (Wildman–Crippen LogP) is 5.03. The van der Waals surface area contributed by atoms with E-state index < -0.39 is 16.6 Å². The highest BCUT2D eigenvalue weighted by Gasteiger charge is 2.78. The lowest BCUT2D eigenvalue weighted by Crippen LogP contribution is -2.82. The number of carbonyl (C=O) groups is 1. The highest BCUT2D eigenvalue weighted by atomic mass is 16.5. The van der Waals surface area contributed by atoms with Crippen molar-refractivity contribution in [1.29, 1.82) is 0 Å². The molecule has 3 aromatic rings. The van der Waals surface area contributed by atoms with E-state index in [9.17, 15) is 15.0 Å². The topological polar surface area (TPSA) is 73.2 Å². The number of aryl methyl sites for hydroxylation is 1. The summed E-state index contributed by atoms with van der Waals surface area (Å²) in [6.45, 7) is 5.81. The molecule has 6 nitrogen and oxygen atoms in total.